The van der Waals surface area contributed by atoms with Gasteiger partial charge in [-0.25, -0.2) is 4.98 Å². The summed E-state index contributed by atoms with van der Waals surface area (Å²) in [4.78, 5) is 20.3. The molecule has 1 amide bonds. The van der Waals surface area contributed by atoms with Gasteiger partial charge in [0.2, 0.25) is 0 Å². The number of anilines is 1. The van der Waals surface area contributed by atoms with E-state index < -0.39 is 5.91 Å². The van der Waals surface area contributed by atoms with Crippen LogP contribution in [0.15, 0.2) is 72.9 Å². The summed E-state index contributed by atoms with van der Waals surface area (Å²) in [6.45, 7) is 0.768. The number of hydrogen-bond acceptors (Lipinski definition) is 5. The molecule has 6 heteroatoms. The molecule has 144 valence electrons. The average Bonchev–Trinajstić information content (AvgIpc) is 2.77. The topological polar surface area (TPSA) is 107 Å². The van der Waals surface area contributed by atoms with Crippen molar-refractivity contribution < 1.29 is 4.79 Å². The second kappa shape index (κ2) is 8.08. The van der Waals surface area contributed by atoms with Crippen LogP contribution in [-0.4, -0.2) is 15.9 Å². The Morgan fingerprint density at radius 1 is 0.966 bits per heavy atom. The number of aromatic nitrogens is 2. The number of carbonyl (C=O) groups excluding carboxylic acids is 1. The monoisotopic (exact) mass is 383 g/mol. The number of amides is 1. The van der Waals surface area contributed by atoms with Crippen molar-refractivity contribution in [1.29, 1.82) is 0 Å². The van der Waals surface area contributed by atoms with E-state index in [1.54, 1.807) is 6.20 Å². The van der Waals surface area contributed by atoms with Crippen LogP contribution in [0.3, 0.4) is 0 Å². The van der Waals surface area contributed by atoms with Crippen LogP contribution in [0.5, 0.6) is 0 Å². The Hall–Kier alpha value is -3.77. The number of benzene rings is 3. The largest absolute Gasteiger partial charge is 0.381 e. The van der Waals surface area contributed by atoms with Crippen LogP contribution < -0.4 is 16.8 Å². The lowest BCUT2D eigenvalue weighted by molar-refractivity contribution is 0.0994. The molecular weight excluding hydrogens is 362 g/mol. The number of nitrogens with two attached hydrogens (primary N) is 2. The number of fused-ring (bicyclic) bond motifs is 1. The van der Waals surface area contributed by atoms with Crippen LogP contribution in [0.1, 0.15) is 21.7 Å². The minimum Gasteiger partial charge on any atom is -0.381 e. The first-order chi connectivity index (χ1) is 14.1. The fourth-order valence-corrected chi connectivity index (χ4v) is 3.24. The highest BCUT2D eigenvalue weighted by Gasteiger charge is 2.13. The molecule has 0 saturated carbocycles. The zero-order valence-corrected chi connectivity index (χ0v) is 15.8. The average molecular weight is 383 g/mol. The lowest BCUT2D eigenvalue weighted by atomic mass is 10.1. The molecule has 0 aliphatic rings. The fraction of sp³-hybridized carbons (Fsp3) is 0.0870. The van der Waals surface area contributed by atoms with E-state index in [2.05, 4.69) is 45.6 Å². The first kappa shape index (κ1) is 18.6. The summed E-state index contributed by atoms with van der Waals surface area (Å²) in [6.07, 6.45) is 1.62. The van der Waals surface area contributed by atoms with Crippen molar-refractivity contribution in [2.24, 2.45) is 11.5 Å². The third-order valence-electron chi connectivity index (χ3n) is 4.74. The molecule has 0 unspecified atom stereocenters. The van der Waals surface area contributed by atoms with Gasteiger partial charge in [0.1, 0.15) is 0 Å². The maximum absolute atomic E-state index is 11.6. The second-order valence-electron chi connectivity index (χ2n) is 6.73. The molecule has 5 N–H and O–H groups in total. The molecule has 0 fully saturated rings. The predicted octanol–water partition coefficient (Wildman–Crippen LogP) is 3.47. The number of rotatable bonds is 6. The SMILES string of the molecule is NCc1ncc(-c2cccc(CNc3ccc4ccccc4c3)c2)nc1C(N)=O. The van der Waals surface area contributed by atoms with Gasteiger partial charge in [0, 0.05) is 24.3 Å². The van der Waals surface area contributed by atoms with Crippen LogP contribution in [-0.2, 0) is 13.1 Å². The molecule has 1 heterocycles. The van der Waals surface area contributed by atoms with Crippen molar-refractivity contribution in [2.45, 2.75) is 13.1 Å². The van der Waals surface area contributed by atoms with E-state index in [0.29, 0.717) is 17.9 Å². The highest BCUT2D eigenvalue weighted by molar-refractivity contribution is 5.92. The minimum absolute atomic E-state index is 0.112. The van der Waals surface area contributed by atoms with E-state index in [0.717, 1.165) is 16.8 Å². The van der Waals surface area contributed by atoms with Crippen molar-refractivity contribution >= 4 is 22.4 Å². The van der Waals surface area contributed by atoms with Gasteiger partial charge in [-0.2, -0.15) is 0 Å². The van der Waals surface area contributed by atoms with Crippen molar-refractivity contribution in [3.8, 4) is 11.3 Å². The van der Waals surface area contributed by atoms with E-state index in [4.69, 9.17) is 11.5 Å². The van der Waals surface area contributed by atoms with Crippen molar-refractivity contribution in [3.63, 3.8) is 0 Å². The Kier molecular flexibility index (Phi) is 5.18. The van der Waals surface area contributed by atoms with E-state index in [-0.39, 0.29) is 12.2 Å². The Bertz CT molecular complexity index is 1190. The fourth-order valence-electron chi connectivity index (χ4n) is 3.24. The molecule has 4 aromatic rings. The van der Waals surface area contributed by atoms with E-state index in [1.807, 2.05) is 36.4 Å². The molecule has 0 bridgehead atoms. The first-order valence-corrected chi connectivity index (χ1v) is 9.32. The standard InChI is InChI=1S/C23H21N5O/c24-12-20-22(23(25)29)28-21(14-27-20)18-7-3-4-15(10-18)13-26-19-9-8-16-5-1-2-6-17(16)11-19/h1-11,14,26H,12-13,24H2,(H2,25,29). The van der Waals surface area contributed by atoms with Gasteiger partial charge in [0.05, 0.1) is 17.6 Å². The van der Waals surface area contributed by atoms with E-state index >= 15 is 0 Å². The molecule has 3 aromatic carbocycles. The third kappa shape index (κ3) is 4.07. The highest BCUT2D eigenvalue weighted by atomic mass is 16.1. The maximum Gasteiger partial charge on any atom is 0.269 e. The lowest BCUT2D eigenvalue weighted by Crippen LogP contribution is -2.19. The molecular formula is C23H21N5O. The van der Waals surface area contributed by atoms with Crippen LogP contribution in [0.25, 0.3) is 22.0 Å². The van der Waals surface area contributed by atoms with Gasteiger partial charge < -0.3 is 16.8 Å². The zero-order chi connectivity index (χ0) is 20.2. The minimum atomic E-state index is -0.631. The number of carbonyl (C=O) groups is 1. The molecule has 6 nitrogen and oxygen atoms in total. The summed E-state index contributed by atoms with van der Waals surface area (Å²) in [5, 5.41) is 5.86. The highest BCUT2D eigenvalue weighted by Crippen LogP contribution is 2.22. The van der Waals surface area contributed by atoms with Crippen molar-refractivity contribution in [3.05, 3.63) is 89.9 Å². The van der Waals surface area contributed by atoms with Crippen LogP contribution >= 0.6 is 0 Å². The predicted molar refractivity (Wildman–Crippen MR) is 115 cm³/mol. The number of nitrogens with zero attached hydrogens (tertiary/aromatic N) is 2. The zero-order valence-electron chi connectivity index (χ0n) is 15.8. The maximum atomic E-state index is 11.6. The van der Waals surface area contributed by atoms with Gasteiger partial charge in [0.25, 0.3) is 5.91 Å². The summed E-state index contributed by atoms with van der Waals surface area (Å²) >= 11 is 0. The molecule has 0 atom stereocenters. The summed E-state index contributed by atoms with van der Waals surface area (Å²) in [5.74, 6) is -0.631. The Morgan fingerprint density at radius 3 is 2.59 bits per heavy atom. The van der Waals surface area contributed by atoms with Gasteiger partial charge >= 0.3 is 0 Å². The third-order valence-corrected chi connectivity index (χ3v) is 4.74. The summed E-state index contributed by atoms with van der Waals surface area (Å²) in [5.41, 5.74) is 15.1. The summed E-state index contributed by atoms with van der Waals surface area (Å²) in [6, 6.07) is 22.5. The van der Waals surface area contributed by atoms with Crippen LogP contribution in [0, 0.1) is 0 Å². The molecule has 0 spiro atoms. The molecule has 0 saturated heterocycles. The smallest absolute Gasteiger partial charge is 0.269 e. The van der Waals surface area contributed by atoms with Gasteiger partial charge in [-0.05, 0) is 34.5 Å². The number of primary amides is 1. The molecule has 0 aliphatic heterocycles. The Morgan fingerprint density at radius 2 is 1.79 bits per heavy atom. The number of hydrogen-bond donors (Lipinski definition) is 3. The number of nitrogens with one attached hydrogen (secondary N) is 1. The van der Waals surface area contributed by atoms with E-state index in [1.165, 1.54) is 10.8 Å². The molecule has 1 aromatic heterocycles. The Balaban J connectivity index is 1.55. The van der Waals surface area contributed by atoms with E-state index in [9.17, 15) is 4.79 Å². The molecule has 4 rings (SSSR count). The second-order valence-corrected chi connectivity index (χ2v) is 6.73. The van der Waals surface area contributed by atoms with Crippen molar-refractivity contribution in [1.82, 2.24) is 9.97 Å². The first-order valence-electron chi connectivity index (χ1n) is 9.32. The normalized spacial score (nSPS) is 10.8. The quantitative estimate of drug-likeness (QED) is 0.473. The van der Waals surface area contributed by atoms with Gasteiger partial charge in [-0.3, -0.25) is 9.78 Å². The Labute approximate surface area is 168 Å². The summed E-state index contributed by atoms with van der Waals surface area (Å²) < 4.78 is 0. The van der Waals surface area contributed by atoms with Crippen molar-refractivity contribution in [2.75, 3.05) is 5.32 Å². The molecule has 0 aliphatic carbocycles. The van der Waals surface area contributed by atoms with Crippen LogP contribution in [0.4, 0.5) is 5.69 Å². The van der Waals surface area contributed by atoms with Gasteiger partial charge in [0.15, 0.2) is 5.69 Å². The molecule has 29 heavy (non-hydrogen) atoms. The lowest BCUT2D eigenvalue weighted by Gasteiger charge is -2.10. The van der Waals surface area contributed by atoms with Gasteiger partial charge in [-0.15, -0.1) is 0 Å². The van der Waals surface area contributed by atoms with Crippen LogP contribution in [0.2, 0.25) is 0 Å². The van der Waals surface area contributed by atoms with Gasteiger partial charge in [-0.1, -0.05) is 48.5 Å². The molecule has 0 radical (unpaired) electrons. The summed E-state index contributed by atoms with van der Waals surface area (Å²) in [7, 11) is 0.